The van der Waals surface area contributed by atoms with Gasteiger partial charge in [0.05, 0.1) is 12.1 Å². The van der Waals surface area contributed by atoms with Crippen molar-refractivity contribution >= 4 is 0 Å². The molecule has 0 unspecified atom stereocenters. The minimum Gasteiger partial charge on any atom is -0.391 e. The van der Waals surface area contributed by atoms with Gasteiger partial charge < -0.3 is 10.8 Å². The maximum Gasteiger partial charge on any atom is 0.123 e. The topological polar surface area (TPSA) is 46.2 Å². The highest BCUT2D eigenvalue weighted by Crippen LogP contribution is 2.27. The molecule has 14 heavy (non-hydrogen) atoms. The van der Waals surface area contributed by atoms with Crippen LogP contribution >= 0.6 is 0 Å². The number of nitrogens with two attached hydrogens (primary N) is 1. The lowest BCUT2D eigenvalue weighted by Gasteiger charge is -2.17. The van der Waals surface area contributed by atoms with Crippen LogP contribution < -0.4 is 5.73 Å². The predicted octanol–water partition coefficient (Wildman–Crippen LogP) is 1.52. The minimum atomic E-state index is -0.543. The van der Waals surface area contributed by atoms with E-state index >= 15 is 0 Å². The molecule has 0 saturated carbocycles. The van der Waals surface area contributed by atoms with Crippen molar-refractivity contribution in [3.63, 3.8) is 0 Å². The molecule has 0 radical (unpaired) electrons. The molecule has 1 aromatic carbocycles. The van der Waals surface area contributed by atoms with Crippen molar-refractivity contribution in [2.75, 3.05) is 0 Å². The Morgan fingerprint density at radius 1 is 1.43 bits per heavy atom. The van der Waals surface area contributed by atoms with Gasteiger partial charge in [-0.05, 0) is 42.5 Å². The third-order valence-corrected chi connectivity index (χ3v) is 2.83. The van der Waals surface area contributed by atoms with E-state index in [0.717, 1.165) is 24.0 Å². The highest BCUT2D eigenvalue weighted by molar-refractivity contribution is 5.32. The molecule has 2 nitrogen and oxygen atoms in total. The number of aliphatic hydroxyl groups excluding tert-OH is 1. The van der Waals surface area contributed by atoms with E-state index in [0.29, 0.717) is 6.42 Å². The zero-order valence-electron chi connectivity index (χ0n) is 7.91. The first-order chi connectivity index (χ1) is 6.68. The lowest BCUT2D eigenvalue weighted by molar-refractivity contribution is 0.136. The summed E-state index contributed by atoms with van der Waals surface area (Å²) in [5, 5.41) is 9.65. The maximum atomic E-state index is 13.0. The number of aryl methyl sites for hydroxylation is 1. The third kappa shape index (κ3) is 1.65. The van der Waals surface area contributed by atoms with Gasteiger partial charge in [-0.2, -0.15) is 0 Å². The summed E-state index contributed by atoms with van der Waals surface area (Å²) in [6, 6.07) is 4.21. The summed E-state index contributed by atoms with van der Waals surface area (Å²) in [7, 11) is 0. The van der Waals surface area contributed by atoms with E-state index in [-0.39, 0.29) is 5.82 Å². The maximum absolute atomic E-state index is 13.0. The van der Waals surface area contributed by atoms with Gasteiger partial charge in [0.1, 0.15) is 5.82 Å². The fourth-order valence-corrected chi connectivity index (χ4v) is 1.99. The van der Waals surface area contributed by atoms with Crippen LogP contribution in [0.1, 0.15) is 30.0 Å². The fraction of sp³-hybridized carbons (Fsp3) is 0.455. The number of benzene rings is 1. The molecule has 3 heteroatoms. The molecule has 1 aliphatic carbocycles. The van der Waals surface area contributed by atoms with Gasteiger partial charge in [0.25, 0.3) is 0 Å². The number of aliphatic hydroxyl groups is 1. The Hall–Kier alpha value is -0.930. The lowest BCUT2D eigenvalue weighted by atomic mass is 9.98. The first-order valence-electron chi connectivity index (χ1n) is 4.90. The zero-order valence-corrected chi connectivity index (χ0v) is 7.91. The van der Waals surface area contributed by atoms with Crippen LogP contribution in [-0.2, 0) is 6.42 Å². The highest BCUT2D eigenvalue weighted by Gasteiger charge is 2.23. The molecular formula is C11H14FNO. The molecule has 1 aromatic rings. The van der Waals surface area contributed by atoms with Gasteiger partial charge in [-0.1, -0.05) is 6.07 Å². The number of hydrogen-bond donors (Lipinski definition) is 2. The van der Waals surface area contributed by atoms with Crippen LogP contribution in [0.3, 0.4) is 0 Å². The summed E-state index contributed by atoms with van der Waals surface area (Å²) >= 11 is 0. The van der Waals surface area contributed by atoms with Crippen molar-refractivity contribution in [3.05, 3.63) is 35.1 Å². The second-order valence-electron chi connectivity index (χ2n) is 3.83. The van der Waals surface area contributed by atoms with E-state index in [2.05, 4.69) is 0 Å². The van der Waals surface area contributed by atoms with Crippen LogP contribution in [0.5, 0.6) is 0 Å². The molecule has 0 aliphatic heterocycles. The summed E-state index contributed by atoms with van der Waals surface area (Å²) in [6.45, 7) is 0. The predicted molar refractivity (Wildman–Crippen MR) is 52.3 cm³/mol. The first kappa shape index (κ1) is 9.62. The van der Waals surface area contributed by atoms with Gasteiger partial charge in [0.2, 0.25) is 0 Å². The molecule has 0 spiro atoms. The van der Waals surface area contributed by atoms with E-state index in [4.69, 9.17) is 5.73 Å². The minimum absolute atomic E-state index is 0.284. The van der Waals surface area contributed by atoms with Gasteiger partial charge >= 0.3 is 0 Å². The number of fused-ring (bicyclic) bond motifs is 1. The number of hydrogen-bond acceptors (Lipinski definition) is 2. The SMILES string of the molecule is N[C@@H]1c2cc(F)ccc2CCC[C@H]1O. The molecule has 0 saturated heterocycles. The van der Waals surface area contributed by atoms with Crippen LogP contribution in [0.15, 0.2) is 18.2 Å². The average molecular weight is 195 g/mol. The van der Waals surface area contributed by atoms with Crippen LogP contribution in [0.2, 0.25) is 0 Å². The van der Waals surface area contributed by atoms with Gasteiger partial charge in [-0.3, -0.25) is 0 Å². The zero-order chi connectivity index (χ0) is 10.1. The molecule has 2 atom stereocenters. The molecule has 2 rings (SSSR count). The van der Waals surface area contributed by atoms with Crippen molar-refractivity contribution in [2.24, 2.45) is 5.73 Å². The lowest BCUT2D eigenvalue weighted by Crippen LogP contribution is -2.25. The van der Waals surface area contributed by atoms with Crippen molar-refractivity contribution in [2.45, 2.75) is 31.4 Å². The van der Waals surface area contributed by atoms with E-state index in [1.54, 1.807) is 6.07 Å². The quantitative estimate of drug-likeness (QED) is 0.616. The molecule has 3 N–H and O–H groups in total. The van der Waals surface area contributed by atoms with Crippen molar-refractivity contribution < 1.29 is 9.50 Å². The Labute approximate surface area is 82.5 Å². The summed E-state index contributed by atoms with van der Waals surface area (Å²) in [5.74, 6) is -0.284. The van der Waals surface area contributed by atoms with E-state index < -0.39 is 12.1 Å². The van der Waals surface area contributed by atoms with Gasteiger partial charge in [0, 0.05) is 0 Å². The normalized spacial score (nSPS) is 26.8. The fourth-order valence-electron chi connectivity index (χ4n) is 1.99. The Kier molecular flexibility index (Phi) is 2.52. The van der Waals surface area contributed by atoms with Gasteiger partial charge in [-0.15, -0.1) is 0 Å². The highest BCUT2D eigenvalue weighted by atomic mass is 19.1. The summed E-state index contributed by atoms with van der Waals surface area (Å²) in [6.07, 6.45) is 1.93. The second kappa shape index (κ2) is 3.67. The smallest absolute Gasteiger partial charge is 0.123 e. The Morgan fingerprint density at radius 2 is 2.21 bits per heavy atom. The van der Waals surface area contributed by atoms with Gasteiger partial charge in [-0.25, -0.2) is 4.39 Å². The van der Waals surface area contributed by atoms with E-state index in [9.17, 15) is 9.50 Å². The first-order valence-corrected chi connectivity index (χ1v) is 4.90. The molecule has 0 heterocycles. The Balaban J connectivity index is 2.44. The molecule has 0 fully saturated rings. The van der Waals surface area contributed by atoms with Crippen LogP contribution in [0.25, 0.3) is 0 Å². The average Bonchev–Trinajstić information content (AvgIpc) is 2.30. The largest absolute Gasteiger partial charge is 0.391 e. The molecule has 0 amide bonds. The molecule has 0 aromatic heterocycles. The van der Waals surface area contributed by atoms with Crippen molar-refractivity contribution in [3.8, 4) is 0 Å². The molecular weight excluding hydrogens is 181 g/mol. The van der Waals surface area contributed by atoms with Gasteiger partial charge in [0.15, 0.2) is 0 Å². The van der Waals surface area contributed by atoms with Crippen LogP contribution in [0.4, 0.5) is 4.39 Å². The van der Waals surface area contributed by atoms with E-state index in [1.807, 2.05) is 0 Å². The Morgan fingerprint density at radius 3 is 3.00 bits per heavy atom. The molecule has 0 bridgehead atoms. The van der Waals surface area contributed by atoms with Crippen LogP contribution in [0, 0.1) is 5.82 Å². The van der Waals surface area contributed by atoms with Crippen molar-refractivity contribution in [1.29, 1.82) is 0 Å². The standard InChI is InChI=1S/C11H14FNO/c12-8-5-4-7-2-1-3-10(14)11(13)9(7)6-8/h4-6,10-11,14H,1-3,13H2/t10-,11-/m1/s1. The monoisotopic (exact) mass is 195 g/mol. The summed E-state index contributed by atoms with van der Waals surface area (Å²) in [4.78, 5) is 0. The van der Waals surface area contributed by atoms with Crippen LogP contribution in [-0.4, -0.2) is 11.2 Å². The number of rotatable bonds is 0. The van der Waals surface area contributed by atoms with E-state index in [1.165, 1.54) is 12.1 Å². The second-order valence-corrected chi connectivity index (χ2v) is 3.83. The molecule has 76 valence electrons. The summed E-state index contributed by atoms with van der Waals surface area (Å²) in [5.41, 5.74) is 7.67. The Bertz CT molecular complexity index is 340. The molecule has 1 aliphatic rings. The van der Waals surface area contributed by atoms with Crippen molar-refractivity contribution in [1.82, 2.24) is 0 Å². The number of halogens is 1. The summed E-state index contributed by atoms with van der Waals surface area (Å²) < 4.78 is 13.0. The third-order valence-electron chi connectivity index (χ3n) is 2.83.